The minimum atomic E-state index is 0.259. The highest BCUT2D eigenvalue weighted by molar-refractivity contribution is 4.95. The number of likely N-dealkylation sites (N-methyl/N-ethyl adjacent to an activating group) is 1. The number of likely N-dealkylation sites (tertiary alicyclic amines) is 1. The summed E-state index contributed by atoms with van der Waals surface area (Å²) >= 11 is 0. The lowest BCUT2D eigenvalue weighted by Gasteiger charge is -2.22. The SMILES string of the molecule is CCN1CCC2(CC(C)CO2)C1. The molecule has 2 rings (SSSR count). The Kier molecular flexibility index (Phi) is 2.13. The highest BCUT2D eigenvalue weighted by Gasteiger charge is 2.43. The van der Waals surface area contributed by atoms with Crippen LogP contribution in [-0.4, -0.2) is 36.7 Å². The van der Waals surface area contributed by atoms with E-state index in [1.807, 2.05) is 0 Å². The standard InChI is InChI=1S/C10H19NO/c1-3-11-5-4-10(8-11)6-9(2)7-12-10/h9H,3-8H2,1-2H3. The van der Waals surface area contributed by atoms with Crippen LogP contribution in [0.3, 0.4) is 0 Å². The second-order valence-electron chi connectivity index (χ2n) is 4.42. The molecule has 0 aromatic rings. The molecule has 0 saturated carbocycles. The van der Waals surface area contributed by atoms with E-state index in [4.69, 9.17) is 4.74 Å². The Labute approximate surface area is 74.9 Å². The minimum Gasteiger partial charge on any atom is -0.373 e. The molecular formula is C10H19NO. The lowest BCUT2D eigenvalue weighted by atomic mass is 9.95. The Morgan fingerprint density at radius 3 is 2.92 bits per heavy atom. The topological polar surface area (TPSA) is 12.5 Å². The molecule has 0 bridgehead atoms. The highest BCUT2D eigenvalue weighted by Crippen LogP contribution is 2.37. The monoisotopic (exact) mass is 169 g/mol. The molecule has 12 heavy (non-hydrogen) atoms. The quantitative estimate of drug-likeness (QED) is 0.590. The van der Waals surface area contributed by atoms with E-state index in [9.17, 15) is 0 Å². The summed E-state index contributed by atoms with van der Waals surface area (Å²) in [6, 6.07) is 0. The van der Waals surface area contributed by atoms with Crippen molar-refractivity contribution in [2.75, 3.05) is 26.2 Å². The van der Waals surface area contributed by atoms with Gasteiger partial charge in [0.15, 0.2) is 0 Å². The number of ether oxygens (including phenoxy) is 1. The normalized spacial score (nSPS) is 43.0. The Balaban J connectivity index is 1.97. The van der Waals surface area contributed by atoms with Crippen LogP contribution in [0, 0.1) is 5.92 Å². The molecule has 2 unspecified atom stereocenters. The van der Waals surface area contributed by atoms with Crippen LogP contribution in [0.2, 0.25) is 0 Å². The Hall–Kier alpha value is -0.0800. The van der Waals surface area contributed by atoms with E-state index in [0.717, 1.165) is 12.5 Å². The smallest absolute Gasteiger partial charge is 0.0824 e. The molecular weight excluding hydrogens is 150 g/mol. The summed E-state index contributed by atoms with van der Waals surface area (Å²) in [4.78, 5) is 2.50. The molecule has 0 radical (unpaired) electrons. The Morgan fingerprint density at radius 2 is 2.42 bits per heavy atom. The van der Waals surface area contributed by atoms with E-state index in [1.54, 1.807) is 0 Å². The van der Waals surface area contributed by atoms with E-state index in [2.05, 4.69) is 18.7 Å². The summed E-state index contributed by atoms with van der Waals surface area (Å²) < 4.78 is 5.90. The summed E-state index contributed by atoms with van der Waals surface area (Å²) in [7, 11) is 0. The maximum Gasteiger partial charge on any atom is 0.0824 e. The van der Waals surface area contributed by atoms with E-state index >= 15 is 0 Å². The number of rotatable bonds is 1. The lowest BCUT2D eigenvalue weighted by Crippen LogP contribution is -2.32. The Morgan fingerprint density at radius 1 is 1.58 bits per heavy atom. The van der Waals surface area contributed by atoms with Crippen LogP contribution >= 0.6 is 0 Å². The van der Waals surface area contributed by atoms with Crippen molar-refractivity contribution in [1.82, 2.24) is 4.90 Å². The fourth-order valence-corrected chi connectivity index (χ4v) is 2.55. The van der Waals surface area contributed by atoms with Crippen LogP contribution in [0.1, 0.15) is 26.7 Å². The van der Waals surface area contributed by atoms with Gasteiger partial charge in [-0.05, 0) is 25.3 Å². The van der Waals surface area contributed by atoms with E-state index < -0.39 is 0 Å². The number of hydrogen-bond acceptors (Lipinski definition) is 2. The molecule has 2 heterocycles. The Bertz CT molecular complexity index is 171. The third-order valence-corrected chi connectivity index (χ3v) is 3.24. The zero-order chi connectivity index (χ0) is 8.60. The minimum absolute atomic E-state index is 0.259. The van der Waals surface area contributed by atoms with Crippen LogP contribution in [0.25, 0.3) is 0 Å². The van der Waals surface area contributed by atoms with Gasteiger partial charge in [-0.1, -0.05) is 13.8 Å². The van der Waals surface area contributed by atoms with Gasteiger partial charge in [-0.25, -0.2) is 0 Å². The zero-order valence-electron chi connectivity index (χ0n) is 8.18. The van der Waals surface area contributed by atoms with Crippen LogP contribution in [0.15, 0.2) is 0 Å². The van der Waals surface area contributed by atoms with Crippen molar-refractivity contribution in [3.05, 3.63) is 0 Å². The van der Waals surface area contributed by atoms with Crippen LogP contribution in [0.5, 0.6) is 0 Å². The predicted molar refractivity (Wildman–Crippen MR) is 49.2 cm³/mol. The molecule has 0 aromatic carbocycles. The summed E-state index contributed by atoms with van der Waals surface area (Å²) in [6.45, 7) is 9.11. The molecule has 2 saturated heterocycles. The maximum atomic E-state index is 5.90. The van der Waals surface area contributed by atoms with Gasteiger partial charge in [0.25, 0.3) is 0 Å². The van der Waals surface area contributed by atoms with E-state index in [0.29, 0.717) is 0 Å². The van der Waals surface area contributed by atoms with Gasteiger partial charge in [-0.3, -0.25) is 0 Å². The molecule has 0 N–H and O–H groups in total. The summed E-state index contributed by atoms with van der Waals surface area (Å²) in [6.07, 6.45) is 2.54. The van der Waals surface area contributed by atoms with Crippen molar-refractivity contribution in [2.45, 2.75) is 32.3 Å². The third-order valence-electron chi connectivity index (χ3n) is 3.24. The summed E-state index contributed by atoms with van der Waals surface area (Å²) in [5, 5.41) is 0. The van der Waals surface area contributed by atoms with Crippen molar-refractivity contribution in [2.24, 2.45) is 5.92 Å². The van der Waals surface area contributed by atoms with Crippen molar-refractivity contribution >= 4 is 0 Å². The van der Waals surface area contributed by atoms with Crippen molar-refractivity contribution in [3.63, 3.8) is 0 Å². The van der Waals surface area contributed by atoms with Crippen LogP contribution in [0.4, 0.5) is 0 Å². The first-order valence-electron chi connectivity index (χ1n) is 5.10. The molecule has 2 nitrogen and oxygen atoms in total. The largest absolute Gasteiger partial charge is 0.373 e. The summed E-state index contributed by atoms with van der Waals surface area (Å²) in [5.41, 5.74) is 0.259. The van der Waals surface area contributed by atoms with Crippen molar-refractivity contribution < 1.29 is 4.74 Å². The van der Waals surface area contributed by atoms with Gasteiger partial charge in [-0.2, -0.15) is 0 Å². The molecule has 0 aromatic heterocycles. The molecule has 2 aliphatic heterocycles. The third kappa shape index (κ3) is 1.38. The molecule has 0 amide bonds. The van der Waals surface area contributed by atoms with Gasteiger partial charge in [-0.15, -0.1) is 0 Å². The van der Waals surface area contributed by atoms with Gasteiger partial charge >= 0.3 is 0 Å². The molecule has 1 spiro atoms. The zero-order valence-corrected chi connectivity index (χ0v) is 8.18. The summed E-state index contributed by atoms with van der Waals surface area (Å²) in [5.74, 6) is 0.779. The van der Waals surface area contributed by atoms with Gasteiger partial charge < -0.3 is 9.64 Å². The predicted octanol–water partition coefficient (Wildman–Crippen LogP) is 1.51. The first-order valence-corrected chi connectivity index (χ1v) is 5.10. The lowest BCUT2D eigenvalue weighted by molar-refractivity contribution is 0.0122. The average Bonchev–Trinajstić information content (AvgIpc) is 2.61. The van der Waals surface area contributed by atoms with Crippen molar-refractivity contribution in [1.29, 1.82) is 0 Å². The molecule has 2 fully saturated rings. The first kappa shape index (κ1) is 8.52. The van der Waals surface area contributed by atoms with Gasteiger partial charge in [0, 0.05) is 13.1 Å². The van der Waals surface area contributed by atoms with Crippen LogP contribution < -0.4 is 0 Å². The fourth-order valence-electron chi connectivity index (χ4n) is 2.55. The average molecular weight is 169 g/mol. The molecule has 70 valence electrons. The van der Waals surface area contributed by atoms with E-state index in [1.165, 1.54) is 32.5 Å². The molecule has 2 atom stereocenters. The number of hydrogen-bond donors (Lipinski definition) is 0. The van der Waals surface area contributed by atoms with E-state index in [-0.39, 0.29) is 5.60 Å². The van der Waals surface area contributed by atoms with Gasteiger partial charge in [0.05, 0.1) is 12.2 Å². The second kappa shape index (κ2) is 3.00. The molecule has 0 aliphatic carbocycles. The highest BCUT2D eigenvalue weighted by atomic mass is 16.5. The first-order chi connectivity index (χ1) is 5.74. The number of nitrogens with zero attached hydrogens (tertiary/aromatic N) is 1. The maximum absolute atomic E-state index is 5.90. The van der Waals surface area contributed by atoms with Gasteiger partial charge in [0.1, 0.15) is 0 Å². The van der Waals surface area contributed by atoms with Crippen molar-refractivity contribution in [3.8, 4) is 0 Å². The molecule has 2 aliphatic rings. The van der Waals surface area contributed by atoms with Crippen LogP contribution in [-0.2, 0) is 4.74 Å². The fraction of sp³-hybridized carbons (Fsp3) is 1.00. The second-order valence-corrected chi connectivity index (χ2v) is 4.42. The molecule has 2 heteroatoms. The van der Waals surface area contributed by atoms with Gasteiger partial charge in [0.2, 0.25) is 0 Å².